The fourth-order valence-corrected chi connectivity index (χ4v) is 1.20. The van der Waals surface area contributed by atoms with E-state index < -0.39 is 29.5 Å². The number of carboxylic acid groups (broad SMARTS) is 1. The molecule has 3 N–H and O–H groups in total. The van der Waals surface area contributed by atoms with Gasteiger partial charge in [0.2, 0.25) is 0 Å². The van der Waals surface area contributed by atoms with Gasteiger partial charge < -0.3 is 20.4 Å². The summed E-state index contributed by atoms with van der Waals surface area (Å²) in [6.45, 7) is 8.48. The standard InChI is InChI=1S/C11H19NO4/c1-5-6-7(12)8(9(13)14)10(15)16-11(2,3)4/h5,7-8H,1,6,12H2,2-4H3,(H,13,14)/t7-,8-/m1/s1. The Morgan fingerprint density at radius 3 is 2.31 bits per heavy atom. The number of esters is 1. The molecule has 0 aromatic heterocycles. The minimum Gasteiger partial charge on any atom is -0.549 e. The first-order valence-corrected chi connectivity index (χ1v) is 5.06. The Morgan fingerprint density at radius 2 is 2.00 bits per heavy atom. The van der Waals surface area contributed by atoms with E-state index in [2.05, 4.69) is 12.3 Å². The minimum atomic E-state index is -1.46. The Morgan fingerprint density at radius 1 is 1.50 bits per heavy atom. The predicted molar refractivity (Wildman–Crippen MR) is 55.8 cm³/mol. The van der Waals surface area contributed by atoms with Crippen LogP contribution in [0.3, 0.4) is 0 Å². The third-order valence-corrected chi connectivity index (χ3v) is 1.86. The summed E-state index contributed by atoms with van der Waals surface area (Å²) in [5, 5.41) is 10.9. The van der Waals surface area contributed by atoms with Gasteiger partial charge in [-0.2, -0.15) is 0 Å². The van der Waals surface area contributed by atoms with Crippen LogP contribution >= 0.6 is 0 Å². The number of carbonyl (C=O) groups excluding carboxylic acids is 2. The van der Waals surface area contributed by atoms with E-state index in [1.165, 1.54) is 6.08 Å². The number of carboxylic acids is 1. The molecule has 0 aromatic carbocycles. The monoisotopic (exact) mass is 229 g/mol. The summed E-state index contributed by atoms with van der Waals surface area (Å²) in [6, 6.07) is -0.627. The summed E-state index contributed by atoms with van der Waals surface area (Å²) >= 11 is 0. The van der Waals surface area contributed by atoms with Crippen LogP contribution < -0.4 is 10.8 Å². The summed E-state index contributed by atoms with van der Waals surface area (Å²) < 4.78 is 4.99. The van der Waals surface area contributed by atoms with Gasteiger partial charge in [0.25, 0.3) is 0 Å². The van der Waals surface area contributed by atoms with Crippen molar-refractivity contribution in [3.05, 3.63) is 12.7 Å². The van der Waals surface area contributed by atoms with Crippen molar-refractivity contribution in [2.45, 2.75) is 38.8 Å². The van der Waals surface area contributed by atoms with Gasteiger partial charge in [-0.15, -0.1) is 6.58 Å². The topological polar surface area (TPSA) is 94.1 Å². The van der Waals surface area contributed by atoms with Crippen molar-refractivity contribution in [3.8, 4) is 0 Å². The molecule has 0 heterocycles. The van der Waals surface area contributed by atoms with E-state index in [0.29, 0.717) is 6.42 Å². The number of rotatable bonds is 5. The molecule has 2 atom stereocenters. The Bertz CT molecular complexity index is 280. The van der Waals surface area contributed by atoms with Crippen molar-refractivity contribution in [1.29, 1.82) is 0 Å². The number of aliphatic carboxylic acids is 1. The summed E-state index contributed by atoms with van der Waals surface area (Å²) in [5.41, 5.74) is 2.88. The van der Waals surface area contributed by atoms with Gasteiger partial charge in [-0.3, -0.25) is 4.79 Å². The molecule has 5 nitrogen and oxygen atoms in total. The molecule has 0 aliphatic carbocycles. The fraction of sp³-hybridized carbons (Fsp3) is 0.636. The van der Waals surface area contributed by atoms with Crippen molar-refractivity contribution in [3.63, 3.8) is 0 Å². The molecule has 0 saturated carbocycles. The van der Waals surface area contributed by atoms with Crippen LogP contribution in [0.25, 0.3) is 0 Å². The maximum atomic E-state index is 11.6. The van der Waals surface area contributed by atoms with Crippen LogP contribution in [0.5, 0.6) is 0 Å². The molecule has 0 spiro atoms. The van der Waals surface area contributed by atoms with Gasteiger partial charge in [-0.05, 0) is 20.8 Å². The van der Waals surface area contributed by atoms with E-state index in [4.69, 9.17) is 4.74 Å². The Kier molecular flexibility index (Phi) is 5.17. The first-order valence-electron chi connectivity index (χ1n) is 5.06. The Balaban J connectivity index is 4.72. The van der Waals surface area contributed by atoms with Crippen LogP contribution in [0.4, 0.5) is 0 Å². The summed E-state index contributed by atoms with van der Waals surface area (Å²) in [6.07, 6.45) is 1.83. The smallest absolute Gasteiger partial charge is 0.321 e. The predicted octanol–water partition coefficient (Wildman–Crippen LogP) is -1.12. The second-order valence-electron chi connectivity index (χ2n) is 4.61. The number of carbonyl (C=O) groups is 2. The maximum Gasteiger partial charge on any atom is 0.321 e. The first kappa shape index (κ1) is 14.6. The zero-order valence-electron chi connectivity index (χ0n) is 9.99. The average Bonchev–Trinajstić information content (AvgIpc) is 1.99. The van der Waals surface area contributed by atoms with Crippen LogP contribution in [0, 0.1) is 5.92 Å². The Labute approximate surface area is 95.3 Å². The van der Waals surface area contributed by atoms with Crippen LogP contribution in [0.1, 0.15) is 27.2 Å². The normalized spacial score (nSPS) is 15.0. The lowest BCUT2D eigenvalue weighted by molar-refractivity contribution is -0.432. The van der Waals surface area contributed by atoms with Gasteiger partial charge in [0.05, 0.1) is 5.97 Å². The zero-order valence-corrected chi connectivity index (χ0v) is 9.99. The van der Waals surface area contributed by atoms with E-state index in [9.17, 15) is 14.7 Å². The molecular formula is C11H19NO4. The molecule has 0 saturated heterocycles. The van der Waals surface area contributed by atoms with Crippen LogP contribution in [-0.4, -0.2) is 23.6 Å². The van der Waals surface area contributed by atoms with Gasteiger partial charge in [0, 0.05) is 6.42 Å². The zero-order chi connectivity index (χ0) is 12.9. The quantitative estimate of drug-likeness (QED) is 0.367. The number of hydrogen-bond acceptors (Lipinski definition) is 4. The Hall–Kier alpha value is -1.36. The molecule has 0 amide bonds. The van der Waals surface area contributed by atoms with Crippen LogP contribution in [-0.2, 0) is 14.3 Å². The van der Waals surface area contributed by atoms with E-state index >= 15 is 0 Å². The lowest BCUT2D eigenvalue weighted by Gasteiger charge is -2.25. The molecule has 0 bridgehead atoms. The summed E-state index contributed by atoms with van der Waals surface area (Å²) in [4.78, 5) is 22.5. The molecule has 92 valence electrons. The van der Waals surface area contributed by atoms with E-state index in [0.717, 1.165) is 0 Å². The SMILES string of the molecule is C=CC[C@@H]([NH3+])[C@H](C(=O)[O-])C(=O)OC(C)(C)C. The van der Waals surface area contributed by atoms with Crippen molar-refractivity contribution in [2.75, 3.05) is 0 Å². The first-order chi connectivity index (χ1) is 7.19. The molecule has 0 radical (unpaired) electrons. The van der Waals surface area contributed by atoms with Crippen molar-refractivity contribution in [1.82, 2.24) is 0 Å². The van der Waals surface area contributed by atoms with Crippen molar-refractivity contribution in [2.24, 2.45) is 5.92 Å². The van der Waals surface area contributed by atoms with Crippen LogP contribution in [0.2, 0.25) is 0 Å². The largest absolute Gasteiger partial charge is 0.549 e. The van der Waals surface area contributed by atoms with Gasteiger partial charge >= 0.3 is 5.97 Å². The van der Waals surface area contributed by atoms with Gasteiger partial charge in [0.15, 0.2) is 0 Å². The maximum absolute atomic E-state index is 11.6. The third-order valence-electron chi connectivity index (χ3n) is 1.86. The van der Waals surface area contributed by atoms with E-state index in [1.807, 2.05) is 0 Å². The second-order valence-corrected chi connectivity index (χ2v) is 4.61. The lowest BCUT2D eigenvalue weighted by atomic mass is 9.97. The molecule has 0 aliphatic rings. The molecule has 16 heavy (non-hydrogen) atoms. The molecule has 0 rings (SSSR count). The molecule has 5 heteroatoms. The summed E-state index contributed by atoms with van der Waals surface area (Å²) in [5.74, 6) is -3.62. The van der Waals surface area contributed by atoms with Gasteiger partial charge in [-0.1, -0.05) is 6.08 Å². The van der Waals surface area contributed by atoms with Crippen molar-refractivity contribution >= 4 is 11.9 Å². The number of quaternary nitrogens is 1. The third kappa shape index (κ3) is 4.93. The molecule has 0 unspecified atom stereocenters. The number of ether oxygens (including phenoxy) is 1. The lowest BCUT2D eigenvalue weighted by Crippen LogP contribution is -2.68. The second kappa shape index (κ2) is 5.65. The molecule has 0 aromatic rings. The average molecular weight is 229 g/mol. The molecular weight excluding hydrogens is 210 g/mol. The summed E-state index contributed by atoms with van der Waals surface area (Å²) in [7, 11) is 0. The molecule has 0 aliphatic heterocycles. The van der Waals surface area contributed by atoms with Gasteiger partial charge in [0.1, 0.15) is 17.6 Å². The highest BCUT2D eigenvalue weighted by Crippen LogP contribution is 2.13. The van der Waals surface area contributed by atoms with E-state index in [1.54, 1.807) is 20.8 Å². The fourth-order valence-electron chi connectivity index (χ4n) is 1.20. The van der Waals surface area contributed by atoms with Crippen molar-refractivity contribution < 1.29 is 25.2 Å². The minimum absolute atomic E-state index is 0.317. The molecule has 0 fully saturated rings. The number of hydrogen-bond donors (Lipinski definition) is 1. The highest BCUT2D eigenvalue weighted by atomic mass is 16.6. The highest BCUT2D eigenvalue weighted by Gasteiger charge is 2.33. The highest BCUT2D eigenvalue weighted by molar-refractivity contribution is 5.93. The van der Waals surface area contributed by atoms with Crippen LogP contribution in [0.15, 0.2) is 12.7 Å². The van der Waals surface area contributed by atoms with E-state index in [-0.39, 0.29) is 0 Å². The van der Waals surface area contributed by atoms with Gasteiger partial charge in [-0.25, -0.2) is 0 Å².